The number of likely N-dealkylation sites (N-methyl/N-ethyl adjacent to an activating group) is 1. The molecule has 0 aromatic rings. The van der Waals surface area contributed by atoms with Crippen molar-refractivity contribution in [3.63, 3.8) is 0 Å². The fourth-order valence-electron chi connectivity index (χ4n) is 2.55. The van der Waals surface area contributed by atoms with Crippen LogP contribution in [0.2, 0.25) is 0 Å². The van der Waals surface area contributed by atoms with E-state index in [2.05, 4.69) is 36.3 Å². The zero-order valence-electron chi connectivity index (χ0n) is 12.2. The van der Waals surface area contributed by atoms with Crippen molar-refractivity contribution in [1.82, 2.24) is 15.5 Å². The lowest BCUT2D eigenvalue weighted by Gasteiger charge is -2.29. The number of nitrogens with one attached hydrogen (secondary N) is 2. The molecule has 0 radical (unpaired) electrons. The zero-order valence-corrected chi connectivity index (χ0v) is 12.2. The van der Waals surface area contributed by atoms with Crippen molar-refractivity contribution in [3.8, 4) is 0 Å². The molecule has 0 bridgehead atoms. The van der Waals surface area contributed by atoms with Gasteiger partial charge in [0.15, 0.2) is 0 Å². The van der Waals surface area contributed by atoms with Gasteiger partial charge < -0.3 is 15.5 Å². The quantitative estimate of drug-likeness (QED) is 0.719. The molecule has 1 rings (SSSR count). The van der Waals surface area contributed by atoms with Gasteiger partial charge in [-0.05, 0) is 38.4 Å². The van der Waals surface area contributed by atoms with E-state index in [0.717, 1.165) is 32.7 Å². The third-order valence-corrected chi connectivity index (χ3v) is 3.98. The van der Waals surface area contributed by atoms with E-state index in [4.69, 9.17) is 0 Å². The van der Waals surface area contributed by atoms with Crippen molar-refractivity contribution in [2.75, 3.05) is 32.7 Å². The Hall–Kier alpha value is -0.610. The normalized spacial score (nSPS) is 24.2. The number of nitrogens with zero attached hydrogens (tertiary/aromatic N) is 1. The third-order valence-electron chi connectivity index (χ3n) is 3.98. The van der Waals surface area contributed by atoms with Crippen molar-refractivity contribution in [2.24, 2.45) is 5.92 Å². The number of carbonyl (C=O) groups excluding carboxylic acids is 1. The minimum absolute atomic E-state index is 0.188. The molecule has 1 fully saturated rings. The molecule has 1 heterocycles. The molecule has 106 valence electrons. The van der Waals surface area contributed by atoms with E-state index in [-0.39, 0.29) is 5.91 Å². The lowest BCUT2D eigenvalue weighted by molar-refractivity contribution is -0.122. The van der Waals surface area contributed by atoms with E-state index < -0.39 is 0 Å². The summed E-state index contributed by atoms with van der Waals surface area (Å²) in [4.78, 5) is 14.2. The Morgan fingerprint density at radius 1 is 1.39 bits per heavy atom. The van der Waals surface area contributed by atoms with Crippen LogP contribution in [0.5, 0.6) is 0 Å². The predicted molar refractivity (Wildman–Crippen MR) is 75.6 cm³/mol. The maximum atomic E-state index is 11.8. The molecule has 1 aliphatic heterocycles. The molecule has 0 aromatic heterocycles. The van der Waals surface area contributed by atoms with E-state index >= 15 is 0 Å². The predicted octanol–water partition coefficient (Wildman–Crippen LogP) is 1.22. The lowest BCUT2D eigenvalue weighted by Crippen LogP contribution is -2.44. The number of piperidine rings is 1. The van der Waals surface area contributed by atoms with Crippen LogP contribution in [0, 0.1) is 5.92 Å². The molecule has 0 aliphatic carbocycles. The maximum absolute atomic E-state index is 11.8. The summed E-state index contributed by atoms with van der Waals surface area (Å²) in [7, 11) is 0. The van der Waals surface area contributed by atoms with Crippen LogP contribution in [0.4, 0.5) is 0 Å². The first-order valence-corrected chi connectivity index (χ1v) is 7.39. The van der Waals surface area contributed by atoms with Gasteiger partial charge in [0, 0.05) is 25.6 Å². The topological polar surface area (TPSA) is 44.4 Å². The molecule has 0 spiro atoms. The smallest absolute Gasteiger partial charge is 0.221 e. The summed E-state index contributed by atoms with van der Waals surface area (Å²) in [6.07, 6.45) is 3.10. The Morgan fingerprint density at radius 3 is 2.72 bits per heavy atom. The van der Waals surface area contributed by atoms with Gasteiger partial charge in [-0.2, -0.15) is 0 Å². The van der Waals surface area contributed by atoms with E-state index in [1.54, 1.807) is 0 Å². The Kier molecular flexibility index (Phi) is 7.28. The summed E-state index contributed by atoms with van der Waals surface area (Å²) in [5.74, 6) is 0.806. The van der Waals surface area contributed by atoms with Gasteiger partial charge in [-0.3, -0.25) is 4.79 Å². The van der Waals surface area contributed by atoms with Crippen LogP contribution in [0.1, 0.15) is 40.0 Å². The Morgan fingerprint density at radius 2 is 2.11 bits per heavy atom. The van der Waals surface area contributed by atoms with E-state index in [1.807, 2.05) is 0 Å². The highest BCUT2D eigenvalue weighted by molar-refractivity contribution is 5.76. The molecule has 0 aromatic carbocycles. The van der Waals surface area contributed by atoms with Gasteiger partial charge in [0.05, 0.1) is 0 Å². The summed E-state index contributed by atoms with van der Waals surface area (Å²) in [6.45, 7) is 11.4. The van der Waals surface area contributed by atoms with Gasteiger partial charge in [-0.1, -0.05) is 20.8 Å². The van der Waals surface area contributed by atoms with Gasteiger partial charge in [-0.15, -0.1) is 0 Å². The zero-order chi connectivity index (χ0) is 13.4. The van der Waals surface area contributed by atoms with Crippen molar-refractivity contribution in [1.29, 1.82) is 0 Å². The van der Waals surface area contributed by atoms with E-state index in [1.165, 1.54) is 12.8 Å². The molecular weight excluding hydrogens is 226 g/mol. The van der Waals surface area contributed by atoms with Crippen LogP contribution in [-0.2, 0) is 4.79 Å². The first-order valence-electron chi connectivity index (χ1n) is 7.39. The largest absolute Gasteiger partial charge is 0.355 e. The number of carbonyl (C=O) groups is 1. The molecule has 2 unspecified atom stereocenters. The first-order chi connectivity index (χ1) is 8.67. The molecule has 1 aliphatic rings. The highest BCUT2D eigenvalue weighted by Gasteiger charge is 2.22. The van der Waals surface area contributed by atoms with E-state index in [0.29, 0.717) is 18.4 Å². The van der Waals surface area contributed by atoms with E-state index in [9.17, 15) is 4.79 Å². The Labute approximate surface area is 111 Å². The van der Waals surface area contributed by atoms with Gasteiger partial charge in [0.1, 0.15) is 0 Å². The van der Waals surface area contributed by atoms with Gasteiger partial charge in [-0.25, -0.2) is 0 Å². The molecule has 4 nitrogen and oxygen atoms in total. The molecule has 0 saturated carbocycles. The lowest BCUT2D eigenvalue weighted by atomic mass is 9.90. The fraction of sp³-hybridized carbons (Fsp3) is 0.929. The van der Waals surface area contributed by atoms with Crippen molar-refractivity contribution < 1.29 is 4.79 Å². The average molecular weight is 255 g/mol. The number of hydrogen-bond acceptors (Lipinski definition) is 3. The average Bonchev–Trinajstić information content (AvgIpc) is 2.37. The molecular formula is C14H29N3O. The van der Waals surface area contributed by atoms with Crippen LogP contribution in [0.25, 0.3) is 0 Å². The Balaban J connectivity index is 2.16. The third kappa shape index (κ3) is 5.36. The second-order valence-electron chi connectivity index (χ2n) is 5.26. The van der Waals surface area contributed by atoms with Crippen molar-refractivity contribution in [2.45, 2.75) is 46.1 Å². The molecule has 2 atom stereocenters. The van der Waals surface area contributed by atoms with Gasteiger partial charge in [0.2, 0.25) is 5.91 Å². The summed E-state index contributed by atoms with van der Waals surface area (Å²) in [5.41, 5.74) is 0. The summed E-state index contributed by atoms with van der Waals surface area (Å²) in [5, 5.41) is 6.48. The van der Waals surface area contributed by atoms with Crippen molar-refractivity contribution >= 4 is 5.91 Å². The summed E-state index contributed by atoms with van der Waals surface area (Å²) in [6, 6.07) is 0.368. The van der Waals surface area contributed by atoms with Crippen LogP contribution < -0.4 is 10.6 Å². The second-order valence-corrected chi connectivity index (χ2v) is 5.26. The van der Waals surface area contributed by atoms with Crippen LogP contribution >= 0.6 is 0 Å². The van der Waals surface area contributed by atoms with Crippen LogP contribution in [-0.4, -0.2) is 49.6 Å². The molecule has 1 amide bonds. The summed E-state index contributed by atoms with van der Waals surface area (Å²) >= 11 is 0. The minimum atomic E-state index is 0.188. The number of amides is 1. The SMILES string of the molecule is CCN(CC)CCNC(=O)CC1NCCCC1C. The highest BCUT2D eigenvalue weighted by Crippen LogP contribution is 2.17. The highest BCUT2D eigenvalue weighted by atomic mass is 16.1. The van der Waals surface area contributed by atoms with Gasteiger partial charge >= 0.3 is 0 Å². The molecule has 1 saturated heterocycles. The number of hydrogen-bond donors (Lipinski definition) is 2. The summed E-state index contributed by atoms with van der Waals surface area (Å²) < 4.78 is 0. The second kappa shape index (κ2) is 8.48. The molecule has 4 heteroatoms. The van der Waals surface area contributed by atoms with Crippen molar-refractivity contribution in [3.05, 3.63) is 0 Å². The van der Waals surface area contributed by atoms with Crippen LogP contribution in [0.15, 0.2) is 0 Å². The first kappa shape index (κ1) is 15.4. The minimum Gasteiger partial charge on any atom is -0.355 e. The molecule has 2 N–H and O–H groups in total. The Bertz CT molecular complexity index is 241. The van der Waals surface area contributed by atoms with Crippen LogP contribution in [0.3, 0.4) is 0 Å². The number of rotatable bonds is 7. The fourth-order valence-corrected chi connectivity index (χ4v) is 2.55. The van der Waals surface area contributed by atoms with Gasteiger partial charge in [0.25, 0.3) is 0 Å². The maximum Gasteiger partial charge on any atom is 0.221 e. The standard InChI is InChI=1S/C14H29N3O/c1-4-17(5-2)10-9-16-14(18)11-13-12(3)7-6-8-15-13/h12-13,15H,4-11H2,1-3H3,(H,16,18). The monoisotopic (exact) mass is 255 g/mol. The molecule has 18 heavy (non-hydrogen) atoms.